The molecule has 1 aliphatic carbocycles. The first-order valence-corrected chi connectivity index (χ1v) is 6.87. The molecule has 92 valence electrons. The molecule has 2 nitrogen and oxygen atoms in total. The van der Waals surface area contributed by atoms with Crippen molar-refractivity contribution in [3.8, 4) is 0 Å². The van der Waals surface area contributed by atoms with Crippen molar-refractivity contribution in [1.29, 1.82) is 0 Å². The predicted molar refractivity (Wildman–Crippen MR) is 72.5 cm³/mol. The summed E-state index contributed by atoms with van der Waals surface area (Å²) in [6, 6.07) is 9.68. The number of fused-ring (bicyclic) bond motifs is 1. The molecule has 1 fully saturated rings. The van der Waals surface area contributed by atoms with Crippen molar-refractivity contribution in [2.24, 2.45) is 5.92 Å². The second kappa shape index (κ2) is 4.69. The SMILES string of the molecule is CNCCC1Cc2ccccc2N1CC1CC1. The first-order chi connectivity index (χ1) is 8.38. The molecule has 2 aliphatic rings. The number of benzene rings is 1. The molecule has 0 amide bonds. The van der Waals surface area contributed by atoms with Gasteiger partial charge in [-0.05, 0) is 56.8 Å². The maximum Gasteiger partial charge on any atom is 0.0402 e. The number of nitrogens with one attached hydrogen (secondary N) is 1. The summed E-state index contributed by atoms with van der Waals surface area (Å²) in [4.78, 5) is 2.67. The van der Waals surface area contributed by atoms with Crippen LogP contribution in [-0.4, -0.2) is 26.2 Å². The van der Waals surface area contributed by atoms with Crippen LogP contribution in [-0.2, 0) is 6.42 Å². The molecular formula is C15H22N2. The molecule has 2 heteroatoms. The van der Waals surface area contributed by atoms with Crippen LogP contribution in [0.3, 0.4) is 0 Å². The molecule has 17 heavy (non-hydrogen) atoms. The van der Waals surface area contributed by atoms with E-state index in [-0.39, 0.29) is 0 Å². The Balaban J connectivity index is 1.76. The van der Waals surface area contributed by atoms with Crippen molar-refractivity contribution >= 4 is 5.69 Å². The normalized spacial score (nSPS) is 22.9. The first-order valence-electron chi connectivity index (χ1n) is 6.87. The lowest BCUT2D eigenvalue weighted by Gasteiger charge is -2.27. The second-order valence-electron chi connectivity index (χ2n) is 5.47. The number of hydrogen-bond acceptors (Lipinski definition) is 2. The zero-order chi connectivity index (χ0) is 11.7. The zero-order valence-electron chi connectivity index (χ0n) is 10.7. The van der Waals surface area contributed by atoms with E-state index >= 15 is 0 Å². The van der Waals surface area contributed by atoms with Gasteiger partial charge in [-0.25, -0.2) is 0 Å². The summed E-state index contributed by atoms with van der Waals surface area (Å²) >= 11 is 0. The highest BCUT2D eigenvalue weighted by molar-refractivity contribution is 5.59. The summed E-state index contributed by atoms with van der Waals surface area (Å²) in [7, 11) is 2.05. The van der Waals surface area contributed by atoms with Crippen LogP contribution < -0.4 is 10.2 Å². The molecule has 1 aromatic carbocycles. The van der Waals surface area contributed by atoms with Gasteiger partial charge in [0.05, 0.1) is 0 Å². The maximum absolute atomic E-state index is 3.28. The predicted octanol–water partition coefficient (Wildman–Crippen LogP) is 2.44. The lowest BCUT2D eigenvalue weighted by Crippen LogP contribution is -2.35. The average Bonchev–Trinajstić information content (AvgIpc) is 3.10. The third-order valence-corrected chi connectivity index (χ3v) is 4.08. The Bertz CT molecular complexity index is 384. The molecule has 0 bridgehead atoms. The quantitative estimate of drug-likeness (QED) is 0.836. The minimum atomic E-state index is 0.723. The van der Waals surface area contributed by atoms with E-state index in [1.165, 1.54) is 37.9 Å². The molecule has 1 unspecified atom stereocenters. The molecule has 3 rings (SSSR count). The topological polar surface area (TPSA) is 15.3 Å². The van der Waals surface area contributed by atoms with Gasteiger partial charge < -0.3 is 10.2 Å². The summed E-state index contributed by atoms with van der Waals surface area (Å²) < 4.78 is 0. The van der Waals surface area contributed by atoms with Crippen LogP contribution in [0.4, 0.5) is 5.69 Å². The van der Waals surface area contributed by atoms with Gasteiger partial charge in [0.2, 0.25) is 0 Å². The fraction of sp³-hybridized carbons (Fsp3) is 0.600. The first kappa shape index (κ1) is 11.1. The van der Waals surface area contributed by atoms with Gasteiger partial charge in [-0.2, -0.15) is 0 Å². The van der Waals surface area contributed by atoms with Crippen molar-refractivity contribution in [3.05, 3.63) is 29.8 Å². The lowest BCUT2D eigenvalue weighted by atomic mass is 10.1. The average molecular weight is 230 g/mol. The highest BCUT2D eigenvalue weighted by Gasteiger charge is 2.33. The van der Waals surface area contributed by atoms with Gasteiger partial charge in [0, 0.05) is 18.3 Å². The molecule has 1 N–H and O–H groups in total. The minimum Gasteiger partial charge on any atom is -0.368 e. The van der Waals surface area contributed by atoms with E-state index in [4.69, 9.17) is 0 Å². The lowest BCUT2D eigenvalue weighted by molar-refractivity contribution is 0.546. The number of rotatable bonds is 5. The van der Waals surface area contributed by atoms with Crippen LogP contribution in [0.5, 0.6) is 0 Å². The van der Waals surface area contributed by atoms with Gasteiger partial charge in [-0.15, -0.1) is 0 Å². The van der Waals surface area contributed by atoms with Crippen molar-refractivity contribution < 1.29 is 0 Å². The molecular weight excluding hydrogens is 208 g/mol. The summed E-state index contributed by atoms with van der Waals surface area (Å²) in [5.41, 5.74) is 3.05. The van der Waals surface area contributed by atoms with Gasteiger partial charge in [0.15, 0.2) is 0 Å². The Labute approximate surface area is 104 Å². The summed E-state index contributed by atoms with van der Waals surface area (Å²) in [5, 5.41) is 3.28. The maximum atomic E-state index is 3.28. The van der Waals surface area contributed by atoms with E-state index in [0.29, 0.717) is 0 Å². The molecule has 1 aromatic rings. The van der Waals surface area contributed by atoms with E-state index in [9.17, 15) is 0 Å². The third kappa shape index (κ3) is 2.32. The summed E-state index contributed by atoms with van der Waals surface area (Å²) in [6.45, 7) is 2.41. The van der Waals surface area contributed by atoms with Gasteiger partial charge in [-0.1, -0.05) is 18.2 Å². The van der Waals surface area contributed by atoms with E-state index in [2.05, 4.69) is 34.5 Å². The minimum absolute atomic E-state index is 0.723. The van der Waals surface area contributed by atoms with Crippen LogP contribution in [0, 0.1) is 5.92 Å². The van der Waals surface area contributed by atoms with Crippen molar-refractivity contribution in [2.75, 3.05) is 25.0 Å². The molecule has 1 aliphatic heterocycles. The fourth-order valence-electron chi connectivity index (χ4n) is 2.92. The smallest absolute Gasteiger partial charge is 0.0402 e. The Morgan fingerprint density at radius 2 is 2.12 bits per heavy atom. The monoisotopic (exact) mass is 230 g/mol. The number of anilines is 1. The third-order valence-electron chi connectivity index (χ3n) is 4.08. The van der Waals surface area contributed by atoms with Crippen LogP contribution in [0.25, 0.3) is 0 Å². The Hall–Kier alpha value is -1.02. The Morgan fingerprint density at radius 1 is 1.29 bits per heavy atom. The molecule has 0 saturated heterocycles. The van der Waals surface area contributed by atoms with Crippen molar-refractivity contribution in [1.82, 2.24) is 5.32 Å². The second-order valence-corrected chi connectivity index (χ2v) is 5.47. The van der Waals surface area contributed by atoms with E-state index in [1.807, 2.05) is 7.05 Å². The standard InChI is InChI=1S/C15H22N2/c1-16-9-8-14-10-13-4-2-3-5-15(13)17(14)11-12-6-7-12/h2-5,12,14,16H,6-11H2,1H3. The summed E-state index contributed by atoms with van der Waals surface area (Å²) in [6.07, 6.45) is 5.39. The van der Waals surface area contributed by atoms with Crippen LogP contribution in [0.2, 0.25) is 0 Å². The zero-order valence-corrected chi connectivity index (χ0v) is 10.7. The van der Waals surface area contributed by atoms with Gasteiger partial charge in [0.25, 0.3) is 0 Å². The molecule has 1 heterocycles. The van der Waals surface area contributed by atoms with E-state index in [0.717, 1.165) is 18.5 Å². The fourth-order valence-corrected chi connectivity index (χ4v) is 2.92. The number of para-hydroxylation sites is 1. The van der Waals surface area contributed by atoms with E-state index < -0.39 is 0 Å². The van der Waals surface area contributed by atoms with Gasteiger partial charge >= 0.3 is 0 Å². The van der Waals surface area contributed by atoms with Crippen molar-refractivity contribution in [3.63, 3.8) is 0 Å². The van der Waals surface area contributed by atoms with Crippen molar-refractivity contribution in [2.45, 2.75) is 31.7 Å². The van der Waals surface area contributed by atoms with E-state index in [1.54, 1.807) is 5.56 Å². The van der Waals surface area contributed by atoms with Gasteiger partial charge in [-0.3, -0.25) is 0 Å². The van der Waals surface area contributed by atoms with Gasteiger partial charge in [0.1, 0.15) is 0 Å². The molecule has 0 radical (unpaired) electrons. The molecule has 0 spiro atoms. The van der Waals surface area contributed by atoms with Crippen LogP contribution >= 0.6 is 0 Å². The summed E-state index contributed by atoms with van der Waals surface area (Å²) in [5.74, 6) is 0.971. The Kier molecular flexibility index (Phi) is 3.06. The molecule has 1 atom stereocenters. The molecule has 0 aromatic heterocycles. The van der Waals surface area contributed by atoms with Crippen LogP contribution in [0.15, 0.2) is 24.3 Å². The van der Waals surface area contributed by atoms with Crippen LogP contribution in [0.1, 0.15) is 24.8 Å². The molecule has 1 saturated carbocycles. The highest BCUT2D eigenvalue weighted by Crippen LogP contribution is 2.38. The Morgan fingerprint density at radius 3 is 2.88 bits per heavy atom. The highest BCUT2D eigenvalue weighted by atomic mass is 15.2. The number of hydrogen-bond donors (Lipinski definition) is 1. The largest absolute Gasteiger partial charge is 0.368 e. The number of nitrogens with zero attached hydrogens (tertiary/aromatic N) is 1.